The number of carbonyl (C=O) groups is 1. The number of hydrogen-bond acceptors (Lipinski definition) is 3. The largest absolute Gasteiger partial charge is 0.491 e. The number of hydrogen-bond donors (Lipinski definition) is 0. The third kappa shape index (κ3) is 6.77. The second-order valence-corrected chi connectivity index (χ2v) is 10.3. The average Bonchev–Trinajstić information content (AvgIpc) is 2.93. The van der Waals surface area contributed by atoms with Gasteiger partial charge in [-0.2, -0.15) is 4.39 Å². The van der Waals surface area contributed by atoms with Crippen LogP contribution in [0.3, 0.4) is 0 Å². The van der Waals surface area contributed by atoms with Gasteiger partial charge in [-0.1, -0.05) is 70.2 Å². The summed E-state index contributed by atoms with van der Waals surface area (Å²) in [6.07, 6.45) is 7.81. The Morgan fingerprint density at radius 3 is 2.18 bits per heavy atom. The number of rotatable bonds is 10. The van der Waals surface area contributed by atoms with E-state index in [0.29, 0.717) is 29.2 Å². The Morgan fingerprint density at radius 2 is 1.50 bits per heavy atom. The molecule has 0 atom stereocenters. The van der Waals surface area contributed by atoms with E-state index in [0.717, 1.165) is 51.4 Å². The summed E-state index contributed by atoms with van der Waals surface area (Å²) < 4.78 is 54.8. The van der Waals surface area contributed by atoms with Gasteiger partial charge in [-0.25, -0.2) is 13.6 Å². The molecule has 1 aliphatic rings. The van der Waals surface area contributed by atoms with Crippen LogP contribution in [0.5, 0.6) is 11.5 Å². The number of ether oxygens (including phenoxy) is 2. The fraction of sp³-hybridized carbons (Fsp3) is 0.406. The van der Waals surface area contributed by atoms with Crippen LogP contribution in [-0.4, -0.2) is 12.6 Å². The molecule has 202 valence electrons. The molecule has 0 aliphatic heterocycles. The molecule has 0 bridgehead atoms. The van der Waals surface area contributed by atoms with Crippen LogP contribution in [0.15, 0.2) is 54.6 Å². The van der Waals surface area contributed by atoms with E-state index in [1.807, 2.05) is 0 Å². The second-order valence-electron chi connectivity index (χ2n) is 10.3. The quantitative estimate of drug-likeness (QED) is 0.151. The van der Waals surface area contributed by atoms with Gasteiger partial charge in [0.15, 0.2) is 23.1 Å². The van der Waals surface area contributed by atoms with E-state index >= 15 is 0 Å². The van der Waals surface area contributed by atoms with Gasteiger partial charge >= 0.3 is 5.97 Å². The lowest BCUT2D eigenvalue weighted by Gasteiger charge is -2.27. The van der Waals surface area contributed by atoms with Gasteiger partial charge in [0.05, 0.1) is 12.2 Å². The van der Waals surface area contributed by atoms with E-state index in [4.69, 9.17) is 9.47 Å². The molecule has 1 aliphatic carbocycles. The highest BCUT2D eigenvalue weighted by atomic mass is 19.2. The average molecular weight is 525 g/mol. The molecule has 0 saturated heterocycles. The molecule has 3 aromatic rings. The Morgan fingerprint density at radius 1 is 0.816 bits per heavy atom. The highest BCUT2D eigenvalue weighted by molar-refractivity contribution is 5.91. The molecule has 0 spiro atoms. The van der Waals surface area contributed by atoms with Gasteiger partial charge in [0.2, 0.25) is 5.82 Å². The predicted molar refractivity (Wildman–Crippen MR) is 143 cm³/mol. The lowest BCUT2D eigenvalue weighted by Crippen LogP contribution is -2.14. The van der Waals surface area contributed by atoms with E-state index in [1.165, 1.54) is 30.3 Å². The zero-order chi connectivity index (χ0) is 27.1. The molecule has 6 heteroatoms. The van der Waals surface area contributed by atoms with E-state index in [2.05, 4.69) is 13.8 Å². The summed E-state index contributed by atoms with van der Waals surface area (Å²) in [5, 5.41) is 0. The topological polar surface area (TPSA) is 35.5 Å². The van der Waals surface area contributed by atoms with Crippen molar-refractivity contribution in [3.63, 3.8) is 0 Å². The minimum Gasteiger partial charge on any atom is -0.491 e. The summed E-state index contributed by atoms with van der Waals surface area (Å²) in [6, 6.07) is 13.9. The van der Waals surface area contributed by atoms with E-state index in [1.54, 1.807) is 24.3 Å². The minimum absolute atomic E-state index is 0.0192. The zero-order valence-corrected chi connectivity index (χ0v) is 22.1. The van der Waals surface area contributed by atoms with Gasteiger partial charge in [0, 0.05) is 0 Å². The van der Waals surface area contributed by atoms with Crippen LogP contribution in [0.25, 0.3) is 11.1 Å². The monoisotopic (exact) mass is 524 g/mol. The molecule has 38 heavy (non-hydrogen) atoms. The molecular weight excluding hydrogens is 489 g/mol. The maximum absolute atomic E-state index is 14.8. The normalized spacial score (nSPS) is 17.3. The maximum Gasteiger partial charge on any atom is 0.343 e. The molecular formula is C32H35F3O3. The van der Waals surface area contributed by atoms with Crippen molar-refractivity contribution in [2.75, 3.05) is 6.61 Å². The van der Waals surface area contributed by atoms with Crippen molar-refractivity contribution in [1.82, 2.24) is 0 Å². The van der Waals surface area contributed by atoms with Crippen LogP contribution in [0.1, 0.15) is 87.1 Å². The van der Waals surface area contributed by atoms with Crippen molar-refractivity contribution in [1.29, 1.82) is 0 Å². The Kier molecular flexibility index (Phi) is 9.48. The van der Waals surface area contributed by atoms with E-state index in [9.17, 15) is 18.0 Å². The number of halogens is 3. The lowest BCUT2D eigenvalue weighted by molar-refractivity contribution is 0.0726. The number of benzene rings is 3. The number of carbonyl (C=O) groups excluding carboxylic acids is 1. The summed E-state index contributed by atoms with van der Waals surface area (Å²) in [5.74, 6) is -2.98. The molecule has 3 nitrogen and oxygen atoms in total. The fourth-order valence-corrected chi connectivity index (χ4v) is 4.98. The maximum atomic E-state index is 14.8. The Balaban J connectivity index is 1.38. The highest BCUT2D eigenvalue weighted by Gasteiger charge is 2.26. The Bertz CT molecular complexity index is 1230. The van der Waals surface area contributed by atoms with Crippen molar-refractivity contribution in [3.8, 4) is 22.6 Å². The second kappa shape index (κ2) is 13.0. The SMILES string of the molecule is CCCCCCOc1ccc(-c2ccc(C(=O)Oc3ccc(C4CCC(C)CC4)c(F)c3F)cc2)cc1F. The van der Waals surface area contributed by atoms with Crippen LogP contribution >= 0.6 is 0 Å². The van der Waals surface area contributed by atoms with Gasteiger partial charge in [-0.05, 0) is 78.1 Å². The molecule has 0 amide bonds. The molecule has 0 radical (unpaired) electrons. The third-order valence-corrected chi connectivity index (χ3v) is 7.38. The summed E-state index contributed by atoms with van der Waals surface area (Å²) >= 11 is 0. The van der Waals surface area contributed by atoms with Gasteiger partial charge in [0.25, 0.3) is 0 Å². The van der Waals surface area contributed by atoms with Crippen LogP contribution in [0.2, 0.25) is 0 Å². The standard InChI is InChI=1S/C32H35F3O3/c1-3-4-5-6-19-37-28-17-15-25(20-27(28)33)22-11-13-24(14-12-22)32(36)38-29-18-16-26(30(34)31(29)35)23-9-7-21(2)8-10-23/h11-18,20-21,23H,3-10,19H2,1-2H3. The van der Waals surface area contributed by atoms with Crippen LogP contribution in [-0.2, 0) is 0 Å². The third-order valence-electron chi connectivity index (χ3n) is 7.38. The first-order chi connectivity index (χ1) is 18.4. The molecule has 3 aromatic carbocycles. The predicted octanol–water partition coefficient (Wildman–Crippen LogP) is 9.24. The Hall–Kier alpha value is -3.28. The number of unbranched alkanes of at least 4 members (excludes halogenated alkanes) is 3. The molecule has 1 saturated carbocycles. The molecule has 0 heterocycles. The lowest BCUT2D eigenvalue weighted by atomic mass is 9.79. The first-order valence-electron chi connectivity index (χ1n) is 13.6. The van der Waals surface area contributed by atoms with Crippen LogP contribution < -0.4 is 9.47 Å². The van der Waals surface area contributed by atoms with Crippen molar-refractivity contribution in [2.24, 2.45) is 5.92 Å². The van der Waals surface area contributed by atoms with Crippen molar-refractivity contribution in [3.05, 3.63) is 83.2 Å². The number of esters is 1. The molecule has 0 unspecified atom stereocenters. The smallest absolute Gasteiger partial charge is 0.343 e. The van der Waals surface area contributed by atoms with Crippen LogP contribution in [0, 0.1) is 23.4 Å². The minimum atomic E-state index is -1.14. The zero-order valence-electron chi connectivity index (χ0n) is 22.1. The molecule has 1 fully saturated rings. The van der Waals surface area contributed by atoms with Gasteiger partial charge < -0.3 is 9.47 Å². The summed E-state index contributed by atoms with van der Waals surface area (Å²) in [5.41, 5.74) is 1.84. The van der Waals surface area contributed by atoms with Gasteiger partial charge in [-0.15, -0.1) is 0 Å². The molecule has 0 N–H and O–H groups in total. The fourth-order valence-electron chi connectivity index (χ4n) is 4.98. The van der Waals surface area contributed by atoms with Gasteiger partial charge in [-0.3, -0.25) is 0 Å². The van der Waals surface area contributed by atoms with Crippen LogP contribution in [0.4, 0.5) is 13.2 Å². The summed E-state index contributed by atoms with van der Waals surface area (Å²) in [4.78, 5) is 12.6. The molecule has 4 rings (SSSR count). The summed E-state index contributed by atoms with van der Waals surface area (Å²) in [7, 11) is 0. The first-order valence-corrected chi connectivity index (χ1v) is 13.6. The Labute approximate surface area is 223 Å². The van der Waals surface area contributed by atoms with Crippen molar-refractivity contribution in [2.45, 2.75) is 71.1 Å². The summed E-state index contributed by atoms with van der Waals surface area (Å²) in [6.45, 7) is 4.77. The van der Waals surface area contributed by atoms with E-state index < -0.39 is 29.2 Å². The first kappa shape index (κ1) is 27.7. The van der Waals surface area contributed by atoms with Gasteiger partial charge in [0.1, 0.15) is 0 Å². The molecule has 0 aromatic heterocycles. The van der Waals surface area contributed by atoms with Crippen molar-refractivity contribution < 1.29 is 27.4 Å². The van der Waals surface area contributed by atoms with Crippen molar-refractivity contribution >= 4 is 5.97 Å². The van der Waals surface area contributed by atoms with E-state index in [-0.39, 0.29) is 17.2 Å². The highest BCUT2D eigenvalue weighted by Crippen LogP contribution is 2.38.